The number of nitro groups is 1. The van der Waals surface area contributed by atoms with E-state index in [1.165, 1.54) is 12.3 Å². The highest BCUT2D eigenvalue weighted by Gasteiger charge is 2.16. The Balaban J connectivity index is 2.30. The predicted octanol–water partition coefficient (Wildman–Crippen LogP) is 4.08. The Labute approximate surface area is 137 Å². The normalized spacial score (nSPS) is 10.2. The zero-order valence-corrected chi connectivity index (χ0v) is 13.9. The van der Waals surface area contributed by atoms with Crippen LogP contribution in [0, 0.1) is 17.0 Å². The van der Waals surface area contributed by atoms with E-state index in [0.29, 0.717) is 25.9 Å². The highest BCUT2D eigenvalue weighted by molar-refractivity contribution is 9.10. The van der Waals surface area contributed by atoms with Crippen LogP contribution in [0.4, 0.5) is 11.4 Å². The van der Waals surface area contributed by atoms with Crippen LogP contribution in [0.2, 0.25) is 0 Å². The first-order valence-electron chi connectivity index (χ1n) is 5.76. The molecule has 2 rings (SSSR count). The summed E-state index contributed by atoms with van der Waals surface area (Å²) in [6, 6.07) is 6.15. The van der Waals surface area contributed by atoms with E-state index >= 15 is 0 Å². The lowest BCUT2D eigenvalue weighted by Crippen LogP contribution is -2.13. The molecule has 2 aromatic rings. The lowest BCUT2D eigenvalue weighted by molar-refractivity contribution is -0.385. The molecule has 0 atom stereocenters. The maximum atomic E-state index is 12.1. The van der Waals surface area contributed by atoms with Crippen molar-refractivity contribution in [2.24, 2.45) is 0 Å². The van der Waals surface area contributed by atoms with Gasteiger partial charge in [-0.05, 0) is 57.0 Å². The summed E-state index contributed by atoms with van der Waals surface area (Å²) in [7, 11) is 0. The van der Waals surface area contributed by atoms with Gasteiger partial charge in [-0.1, -0.05) is 0 Å². The first-order chi connectivity index (χ1) is 9.88. The average Bonchev–Trinajstić information content (AvgIpc) is 2.42. The van der Waals surface area contributed by atoms with E-state index in [-0.39, 0.29) is 5.69 Å². The average molecular weight is 415 g/mol. The molecule has 8 heteroatoms. The van der Waals surface area contributed by atoms with Crippen molar-refractivity contribution in [3.63, 3.8) is 0 Å². The molecule has 1 N–H and O–H groups in total. The lowest BCUT2D eigenvalue weighted by atomic mass is 10.1. The Morgan fingerprint density at radius 3 is 2.62 bits per heavy atom. The van der Waals surface area contributed by atoms with Gasteiger partial charge in [0, 0.05) is 22.3 Å². The number of benzene rings is 1. The van der Waals surface area contributed by atoms with Gasteiger partial charge in [0.25, 0.3) is 11.6 Å². The highest BCUT2D eigenvalue weighted by atomic mass is 79.9. The van der Waals surface area contributed by atoms with Crippen LogP contribution in [0.3, 0.4) is 0 Å². The number of hydrogen-bond acceptors (Lipinski definition) is 4. The quantitative estimate of drug-likeness (QED) is 0.465. The molecule has 1 heterocycles. The van der Waals surface area contributed by atoms with E-state index in [0.717, 1.165) is 0 Å². The van der Waals surface area contributed by atoms with E-state index in [1.54, 1.807) is 25.1 Å². The van der Waals surface area contributed by atoms with Crippen molar-refractivity contribution < 1.29 is 9.72 Å². The topological polar surface area (TPSA) is 85.1 Å². The number of aryl methyl sites for hydroxylation is 1. The fraction of sp³-hybridized carbons (Fsp3) is 0.0769. The zero-order chi connectivity index (χ0) is 15.6. The molecule has 0 bridgehead atoms. The van der Waals surface area contributed by atoms with Crippen LogP contribution in [0.1, 0.15) is 15.9 Å². The van der Waals surface area contributed by atoms with Crippen molar-refractivity contribution in [2.45, 2.75) is 6.92 Å². The first kappa shape index (κ1) is 15.6. The third-order valence-electron chi connectivity index (χ3n) is 2.72. The second-order valence-electron chi connectivity index (χ2n) is 4.20. The molecule has 0 unspecified atom stereocenters. The molecule has 0 aliphatic rings. The molecule has 0 saturated heterocycles. The van der Waals surface area contributed by atoms with Gasteiger partial charge >= 0.3 is 0 Å². The van der Waals surface area contributed by atoms with E-state index in [4.69, 9.17) is 0 Å². The van der Waals surface area contributed by atoms with Gasteiger partial charge in [0.2, 0.25) is 0 Å². The van der Waals surface area contributed by atoms with Crippen molar-refractivity contribution in [1.29, 1.82) is 0 Å². The number of nitrogens with zero attached hydrogens (tertiary/aromatic N) is 2. The summed E-state index contributed by atoms with van der Waals surface area (Å²) in [6.07, 6.45) is 1.41. The molecule has 1 aromatic carbocycles. The summed E-state index contributed by atoms with van der Waals surface area (Å²) >= 11 is 6.46. The van der Waals surface area contributed by atoms with Crippen LogP contribution >= 0.6 is 31.9 Å². The summed E-state index contributed by atoms with van der Waals surface area (Å²) in [5.41, 5.74) is 1.14. The summed E-state index contributed by atoms with van der Waals surface area (Å²) in [6.45, 7) is 1.63. The fourth-order valence-electron chi connectivity index (χ4n) is 1.66. The molecule has 0 spiro atoms. The Morgan fingerprint density at radius 2 is 2.05 bits per heavy atom. The van der Waals surface area contributed by atoms with Crippen LogP contribution < -0.4 is 5.32 Å². The van der Waals surface area contributed by atoms with Gasteiger partial charge in [-0.2, -0.15) is 0 Å². The predicted molar refractivity (Wildman–Crippen MR) is 85.4 cm³/mol. The van der Waals surface area contributed by atoms with Gasteiger partial charge in [-0.25, -0.2) is 4.98 Å². The van der Waals surface area contributed by atoms with E-state index < -0.39 is 10.8 Å². The second kappa shape index (κ2) is 6.31. The minimum atomic E-state index is -0.487. The minimum Gasteiger partial charge on any atom is -0.321 e. The van der Waals surface area contributed by atoms with Crippen molar-refractivity contribution >= 4 is 49.1 Å². The molecular formula is C13H9Br2N3O3. The molecule has 0 radical (unpaired) electrons. The monoisotopic (exact) mass is 413 g/mol. The Kier molecular flexibility index (Phi) is 4.69. The molecule has 0 aliphatic carbocycles. The third kappa shape index (κ3) is 3.64. The smallest absolute Gasteiger partial charge is 0.274 e. The standard InChI is InChI=1S/C13H9Br2N3O3/c1-7-4-9(14)10(5-11(7)18(20)21)17-13(19)8-2-3-12(15)16-6-8/h2-6H,1H3,(H,17,19). The highest BCUT2D eigenvalue weighted by Crippen LogP contribution is 2.30. The van der Waals surface area contributed by atoms with E-state index in [9.17, 15) is 14.9 Å². The Morgan fingerprint density at radius 1 is 1.33 bits per heavy atom. The summed E-state index contributed by atoms with van der Waals surface area (Å²) < 4.78 is 1.19. The van der Waals surface area contributed by atoms with E-state index in [1.807, 2.05) is 0 Å². The number of nitrogens with one attached hydrogen (secondary N) is 1. The maximum absolute atomic E-state index is 12.1. The SMILES string of the molecule is Cc1cc(Br)c(NC(=O)c2ccc(Br)nc2)cc1[N+](=O)[O-]. The summed E-state index contributed by atoms with van der Waals surface area (Å²) in [4.78, 5) is 26.5. The molecule has 108 valence electrons. The zero-order valence-electron chi connectivity index (χ0n) is 10.8. The van der Waals surface area contributed by atoms with Gasteiger partial charge in [-0.3, -0.25) is 14.9 Å². The van der Waals surface area contributed by atoms with E-state index in [2.05, 4.69) is 42.2 Å². The fourth-order valence-corrected chi connectivity index (χ4v) is 2.45. The van der Waals surface area contributed by atoms with Crippen molar-refractivity contribution in [2.75, 3.05) is 5.32 Å². The number of halogens is 2. The van der Waals surface area contributed by atoms with Crippen LogP contribution in [-0.2, 0) is 0 Å². The van der Waals surface area contributed by atoms with Gasteiger partial charge in [0.05, 0.1) is 16.2 Å². The molecule has 1 amide bonds. The van der Waals surface area contributed by atoms with Crippen LogP contribution in [-0.4, -0.2) is 15.8 Å². The second-order valence-corrected chi connectivity index (χ2v) is 5.87. The first-order valence-corrected chi connectivity index (χ1v) is 7.34. The lowest BCUT2D eigenvalue weighted by Gasteiger charge is -2.08. The largest absolute Gasteiger partial charge is 0.321 e. The van der Waals surface area contributed by atoms with Gasteiger partial charge in [-0.15, -0.1) is 0 Å². The molecule has 0 fully saturated rings. The van der Waals surface area contributed by atoms with Crippen LogP contribution in [0.25, 0.3) is 0 Å². The Bertz CT molecular complexity index is 717. The van der Waals surface area contributed by atoms with Crippen molar-refractivity contribution in [3.05, 3.63) is 60.8 Å². The number of carbonyl (C=O) groups is 1. The van der Waals surface area contributed by atoms with Gasteiger partial charge in [0.1, 0.15) is 4.60 Å². The number of aromatic nitrogens is 1. The summed E-state index contributed by atoms with van der Waals surface area (Å²) in [5, 5.41) is 13.6. The van der Waals surface area contributed by atoms with Crippen molar-refractivity contribution in [1.82, 2.24) is 4.98 Å². The van der Waals surface area contributed by atoms with Crippen LogP contribution in [0.5, 0.6) is 0 Å². The van der Waals surface area contributed by atoms with Crippen molar-refractivity contribution in [3.8, 4) is 0 Å². The number of hydrogen-bond donors (Lipinski definition) is 1. The number of anilines is 1. The number of rotatable bonds is 3. The van der Waals surface area contributed by atoms with Crippen LogP contribution in [0.15, 0.2) is 39.5 Å². The molecular weight excluding hydrogens is 406 g/mol. The maximum Gasteiger partial charge on any atom is 0.274 e. The number of amides is 1. The van der Waals surface area contributed by atoms with Gasteiger partial charge < -0.3 is 5.32 Å². The molecule has 21 heavy (non-hydrogen) atoms. The third-order valence-corrected chi connectivity index (χ3v) is 3.85. The molecule has 0 aliphatic heterocycles. The number of carbonyl (C=O) groups excluding carboxylic acids is 1. The molecule has 0 saturated carbocycles. The summed E-state index contributed by atoms with van der Waals surface area (Å²) in [5.74, 6) is -0.395. The number of pyridine rings is 1. The molecule has 6 nitrogen and oxygen atoms in total. The number of nitro benzene ring substituents is 1. The Hall–Kier alpha value is -1.80. The van der Waals surface area contributed by atoms with Gasteiger partial charge in [0.15, 0.2) is 0 Å². The molecule has 1 aromatic heterocycles. The minimum absolute atomic E-state index is 0.0533.